The molecule has 0 unspecified atom stereocenters. The molecule has 0 aliphatic heterocycles. The van der Waals surface area contributed by atoms with Crippen molar-refractivity contribution in [3.63, 3.8) is 0 Å². The monoisotopic (exact) mass is 276 g/mol. The Kier molecular flexibility index (Phi) is 3.11. The van der Waals surface area contributed by atoms with E-state index >= 15 is 0 Å². The second-order valence-electron chi connectivity index (χ2n) is 5.57. The largest absolute Gasteiger partial charge is 0.399 e. The van der Waals surface area contributed by atoms with Gasteiger partial charge in [-0.1, -0.05) is 11.3 Å². The number of benzene rings is 1. The first-order valence-corrected chi connectivity index (χ1v) is 7.48. The van der Waals surface area contributed by atoms with E-state index in [0.717, 1.165) is 27.6 Å². The van der Waals surface area contributed by atoms with Crippen LogP contribution in [0, 0.1) is 0 Å². The fraction of sp³-hybridized carbons (Fsp3) is 0.500. The van der Waals surface area contributed by atoms with Crippen molar-refractivity contribution in [3.8, 4) is 0 Å². The van der Waals surface area contributed by atoms with Crippen LogP contribution < -0.4 is 11.1 Å². The molecule has 5 heteroatoms. The Morgan fingerprint density at radius 3 is 2.84 bits per heavy atom. The Balaban J connectivity index is 1.75. The molecule has 19 heavy (non-hydrogen) atoms. The van der Waals surface area contributed by atoms with Crippen LogP contribution >= 0.6 is 11.3 Å². The summed E-state index contributed by atoms with van der Waals surface area (Å²) in [5.41, 5.74) is 7.93. The number of nitrogens with zero attached hydrogens (tertiary/aromatic N) is 2. The van der Waals surface area contributed by atoms with Gasteiger partial charge in [0.2, 0.25) is 0 Å². The number of anilines is 2. The molecule has 0 amide bonds. The highest BCUT2D eigenvalue weighted by molar-refractivity contribution is 7.22. The van der Waals surface area contributed by atoms with E-state index in [-0.39, 0.29) is 0 Å². The van der Waals surface area contributed by atoms with Crippen LogP contribution in [0.5, 0.6) is 0 Å². The number of aromatic nitrogens is 1. The number of rotatable bonds is 4. The minimum Gasteiger partial charge on any atom is -0.399 e. The predicted molar refractivity (Wildman–Crippen MR) is 82.8 cm³/mol. The number of likely N-dealkylation sites (N-methyl/N-ethyl adjacent to an activating group) is 1. The highest BCUT2D eigenvalue weighted by atomic mass is 32.1. The molecule has 4 nitrogen and oxygen atoms in total. The lowest BCUT2D eigenvalue weighted by atomic mass is 9.75. The van der Waals surface area contributed by atoms with Gasteiger partial charge in [-0.15, -0.1) is 0 Å². The van der Waals surface area contributed by atoms with Crippen molar-refractivity contribution >= 4 is 32.4 Å². The molecule has 1 aliphatic carbocycles. The minimum absolute atomic E-state index is 0.316. The number of nitrogens with two attached hydrogens (primary N) is 1. The maximum absolute atomic E-state index is 5.80. The van der Waals surface area contributed by atoms with Crippen molar-refractivity contribution in [1.29, 1.82) is 0 Å². The van der Waals surface area contributed by atoms with Gasteiger partial charge in [-0.2, -0.15) is 0 Å². The second-order valence-corrected chi connectivity index (χ2v) is 6.60. The molecular formula is C14H20N4S. The zero-order chi connectivity index (χ0) is 13.5. The van der Waals surface area contributed by atoms with Crippen molar-refractivity contribution in [3.05, 3.63) is 18.2 Å². The second kappa shape index (κ2) is 4.65. The van der Waals surface area contributed by atoms with E-state index in [0.29, 0.717) is 5.54 Å². The molecule has 1 fully saturated rings. The van der Waals surface area contributed by atoms with Gasteiger partial charge in [0.05, 0.1) is 10.2 Å². The molecule has 1 aromatic heterocycles. The molecule has 0 atom stereocenters. The summed E-state index contributed by atoms with van der Waals surface area (Å²) in [5.74, 6) is 0. The van der Waals surface area contributed by atoms with E-state index in [9.17, 15) is 0 Å². The van der Waals surface area contributed by atoms with Gasteiger partial charge in [-0.25, -0.2) is 4.98 Å². The Bertz CT molecular complexity index is 586. The summed E-state index contributed by atoms with van der Waals surface area (Å²) in [6.45, 7) is 0.968. The number of fused-ring (bicyclic) bond motifs is 1. The molecule has 1 saturated carbocycles. The highest BCUT2D eigenvalue weighted by Crippen LogP contribution is 2.37. The first kappa shape index (κ1) is 12.7. The lowest BCUT2D eigenvalue weighted by Gasteiger charge is -2.47. The van der Waals surface area contributed by atoms with Crippen LogP contribution in [-0.2, 0) is 0 Å². The topological polar surface area (TPSA) is 54.2 Å². The first-order valence-electron chi connectivity index (χ1n) is 6.66. The minimum atomic E-state index is 0.316. The predicted octanol–water partition coefficient (Wildman–Crippen LogP) is 2.77. The summed E-state index contributed by atoms with van der Waals surface area (Å²) in [4.78, 5) is 6.95. The molecule has 3 N–H and O–H groups in total. The molecule has 0 bridgehead atoms. The van der Waals surface area contributed by atoms with Gasteiger partial charge in [-0.3, -0.25) is 0 Å². The SMILES string of the molecule is CN(C)C1(CNc2nc3ccc(N)cc3s2)CCC1. The lowest BCUT2D eigenvalue weighted by Crippen LogP contribution is -2.54. The molecule has 102 valence electrons. The number of hydrogen-bond donors (Lipinski definition) is 2. The Labute approximate surface area is 117 Å². The van der Waals surface area contributed by atoms with Crippen LogP contribution in [0.2, 0.25) is 0 Å². The van der Waals surface area contributed by atoms with Gasteiger partial charge >= 0.3 is 0 Å². The quantitative estimate of drug-likeness (QED) is 0.843. The third-order valence-electron chi connectivity index (χ3n) is 4.21. The van der Waals surface area contributed by atoms with Crippen molar-refractivity contribution in [2.24, 2.45) is 0 Å². The molecule has 1 heterocycles. The summed E-state index contributed by atoms with van der Waals surface area (Å²) in [5, 5.41) is 4.50. The van der Waals surface area contributed by atoms with Crippen molar-refractivity contribution in [2.45, 2.75) is 24.8 Å². The fourth-order valence-electron chi connectivity index (χ4n) is 2.62. The maximum Gasteiger partial charge on any atom is 0.183 e. The summed E-state index contributed by atoms with van der Waals surface area (Å²) >= 11 is 1.68. The molecule has 0 saturated heterocycles. The summed E-state index contributed by atoms with van der Waals surface area (Å²) < 4.78 is 1.15. The third-order valence-corrected chi connectivity index (χ3v) is 5.19. The summed E-state index contributed by atoms with van der Waals surface area (Å²) in [7, 11) is 4.33. The normalized spacial score (nSPS) is 17.6. The van der Waals surface area contributed by atoms with Crippen LogP contribution in [0.4, 0.5) is 10.8 Å². The van der Waals surface area contributed by atoms with Gasteiger partial charge in [-0.05, 0) is 51.6 Å². The van der Waals surface area contributed by atoms with E-state index < -0.39 is 0 Å². The van der Waals surface area contributed by atoms with E-state index in [1.54, 1.807) is 11.3 Å². The van der Waals surface area contributed by atoms with Crippen molar-refractivity contribution in [1.82, 2.24) is 9.88 Å². The molecule has 1 aliphatic rings. The van der Waals surface area contributed by atoms with Gasteiger partial charge in [0.1, 0.15) is 0 Å². The van der Waals surface area contributed by atoms with Gasteiger partial charge in [0.25, 0.3) is 0 Å². The summed E-state index contributed by atoms with van der Waals surface area (Å²) in [6, 6.07) is 5.87. The van der Waals surface area contributed by atoms with Gasteiger partial charge in [0, 0.05) is 17.8 Å². The van der Waals surface area contributed by atoms with Crippen molar-refractivity contribution < 1.29 is 0 Å². The molecular weight excluding hydrogens is 256 g/mol. The zero-order valence-corrected chi connectivity index (χ0v) is 12.3. The van der Waals surface area contributed by atoms with Crippen LogP contribution in [0.15, 0.2) is 18.2 Å². The zero-order valence-electron chi connectivity index (χ0n) is 11.4. The standard InChI is InChI=1S/C14H20N4S/c1-18(2)14(6-3-7-14)9-16-13-17-11-5-4-10(15)8-12(11)19-13/h4-5,8H,3,6-7,9,15H2,1-2H3,(H,16,17). The molecule has 0 spiro atoms. The Morgan fingerprint density at radius 1 is 1.42 bits per heavy atom. The fourth-order valence-corrected chi connectivity index (χ4v) is 3.53. The van der Waals surface area contributed by atoms with E-state index in [4.69, 9.17) is 5.73 Å². The summed E-state index contributed by atoms with van der Waals surface area (Å²) in [6.07, 6.45) is 3.87. The molecule has 2 aromatic rings. The third kappa shape index (κ3) is 2.28. The smallest absolute Gasteiger partial charge is 0.183 e. The molecule has 1 aromatic carbocycles. The Morgan fingerprint density at radius 2 is 2.21 bits per heavy atom. The van der Waals surface area contributed by atoms with Gasteiger partial charge in [0.15, 0.2) is 5.13 Å². The average Bonchev–Trinajstić information content (AvgIpc) is 2.68. The molecule has 3 rings (SSSR count). The number of hydrogen-bond acceptors (Lipinski definition) is 5. The van der Waals surface area contributed by atoms with Crippen LogP contribution in [0.25, 0.3) is 10.2 Å². The van der Waals surface area contributed by atoms with Gasteiger partial charge < -0.3 is 16.0 Å². The van der Waals surface area contributed by atoms with Crippen LogP contribution in [-0.4, -0.2) is 36.1 Å². The number of nitrogens with one attached hydrogen (secondary N) is 1. The molecule has 0 radical (unpaired) electrons. The maximum atomic E-state index is 5.80. The lowest BCUT2D eigenvalue weighted by molar-refractivity contribution is 0.0739. The Hall–Kier alpha value is -1.33. The van der Waals surface area contributed by atoms with Crippen LogP contribution in [0.1, 0.15) is 19.3 Å². The highest BCUT2D eigenvalue weighted by Gasteiger charge is 2.38. The first-order chi connectivity index (χ1) is 9.09. The van der Waals surface area contributed by atoms with E-state index in [2.05, 4.69) is 29.3 Å². The average molecular weight is 276 g/mol. The van der Waals surface area contributed by atoms with E-state index in [1.807, 2.05) is 18.2 Å². The van der Waals surface area contributed by atoms with Crippen LogP contribution in [0.3, 0.4) is 0 Å². The van der Waals surface area contributed by atoms with E-state index in [1.165, 1.54) is 19.3 Å². The number of thiazole rings is 1. The number of nitrogen functional groups attached to an aromatic ring is 1. The van der Waals surface area contributed by atoms with Crippen molar-refractivity contribution in [2.75, 3.05) is 31.7 Å².